The predicted molar refractivity (Wildman–Crippen MR) is 83.9 cm³/mol. The number of carbonyl (C=O) groups excluding carboxylic acids is 1. The largest absolute Gasteiger partial charge is 0.465 e. The summed E-state index contributed by atoms with van der Waals surface area (Å²) in [6.45, 7) is 5.33. The Morgan fingerprint density at radius 3 is 2.35 bits per heavy atom. The summed E-state index contributed by atoms with van der Waals surface area (Å²) in [6, 6.07) is 4.80. The van der Waals surface area contributed by atoms with Gasteiger partial charge in [0.05, 0.1) is 0 Å². The number of carbonyl (C=O) groups is 2. The van der Waals surface area contributed by atoms with Crippen molar-refractivity contribution in [3.8, 4) is 0 Å². The van der Waals surface area contributed by atoms with Gasteiger partial charge in [0.15, 0.2) is 12.0 Å². The average molecular weight is 327 g/mol. The summed E-state index contributed by atoms with van der Waals surface area (Å²) in [5.41, 5.74) is -0.452. The van der Waals surface area contributed by atoms with Gasteiger partial charge in [-0.15, -0.1) is 0 Å². The topological polar surface area (TPSA) is 66.4 Å². The number of hydrogen-bond acceptors (Lipinski definition) is 2. The summed E-state index contributed by atoms with van der Waals surface area (Å²) < 4.78 is 26.9. The van der Waals surface area contributed by atoms with Crippen molar-refractivity contribution < 1.29 is 23.5 Å². The van der Waals surface area contributed by atoms with Crippen LogP contribution in [0.25, 0.3) is 0 Å². The Kier molecular flexibility index (Phi) is 6.66. The highest BCUT2D eigenvalue weighted by Gasteiger charge is 2.25. The lowest BCUT2D eigenvalue weighted by Crippen LogP contribution is -2.42. The van der Waals surface area contributed by atoms with Crippen LogP contribution in [0.3, 0.4) is 0 Å². The predicted octanol–water partition coefficient (Wildman–Crippen LogP) is 4.20. The zero-order chi connectivity index (χ0) is 17.6. The zero-order valence-electron chi connectivity index (χ0n) is 13.6. The molecule has 6 heteroatoms. The maximum absolute atomic E-state index is 14.1. The molecular weight excluding hydrogens is 304 g/mol. The second-order valence-electron chi connectivity index (χ2n) is 6.53. The van der Waals surface area contributed by atoms with Gasteiger partial charge in [0.25, 0.3) is 0 Å². The fourth-order valence-corrected chi connectivity index (χ4v) is 2.33. The number of benzene rings is 1. The molecule has 0 spiro atoms. The smallest absolute Gasteiger partial charge is 0.405 e. The summed E-state index contributed by atoms with van der Waals surface area (Å²) in [7, 11) is 0. The Bertz CT molecular complexity index is 543. The standard InChI is InChI=1S/C17H23F2NO3/c1-11(8-9-17(2,3)20-16(22)23)10-14(19)15(21)12-4-6-13(18)7-5-12/h4-7,11,14,20H,8-10H2,1-3H3,(H,22,23). The van der Waals surface area contributed by atoms with Crippen molar-refractivity contribution in [2.75, 3.05) is 0 Å². The van der Waals surface area contributed by atoms with Gasteiger partial charge in [0.1, 0.15) is 5.82 Å². The van der Waals surface area contributed by atoms with E-state index in [0.29, 0.717) is 12.8 Å². The van der Waals surface area contributed by atoms with E-state index in [1.54, 1.807) is 13.8 Å². The molecule has 4 nitrogen and oxygen atoms in total. The first kappa shape index (κ1) is 19.1. The summed E-state index contributed by atoms with van der Waals surface area (Å²) in [5.74, 6) is -1.21. The fourth-order valence-electron chi connectivity index (χ4n) is 2.33. The van der Waals surface area contributed by atoms with Crippen molar-refractivity contribution >= 4 is 11.9 Å². The highest BCUT2D eigenvalue weighted by molar-refractivity contribution is 5.99. The van der Waals surface area contributed by atoms with Gasteiger partial charge in [-0.25, -0.2) is 13.6 Å². The lowest BCUT2D eigenvalue weighted by Gasteiger charge is -2.26. The van der Waals surface area contributed by atoms with Gasteiger partial charge in [-0.2, -0.15) is 0 Å². The Morgan fingerprint density at radius 2 is 1.83 bits per heavy atom. The Hall–Kier alpha value is -1.98. The quantitative estimate of drug-likeness (QED) is 0.703. The number of Topliss-reactive ketones (excluding diaryl/α,β-unsaturated/α-hetero) is 1. The molecule has 0 saturated carbocycles. The van der Waals surface area contributed by atoms with E-state index in [9.17, 15) is 18.4 Å². The number of nitrogens with one attached hydrogen (secondary N) is 1. The van der Waals surface area contributed by atoms with E-state index in [0.717, 1.165) is 12.1 Å². The zero-order valence-corrected chi connectivity index (χ0v) is 13.6. The summed E-state index contributed by atoms with van der Waals surface area (Å²) >= 11 is 0. The number of alkyl halides is 1. The van der Waals surface area contributed by atoms with E-state index in [1.807, 2.05) is 6.92 Å². The maximum Gasteiger partial charge on any atom is 0.405 e. The van der Waals surface area contributed by atoms with Crippen molar-refractivity contribution in [3.63, 3.8) is 0 Å². The van der Waals surface area contributed by atoms with Gasteiger partial charge in [-0.3, -0.25) is 4.79 Å². The summed E-state index contributed by atoms with van der Waals surface area (Å²) in [4.78, 5) is 22.6. The van der Waals surface area contributed by atoms with Crippen molar-refractivity contribution in [3.05, 3.63) is 35.6 Å². The van der Waals surface area contributed by atoms with Gasteiger partial charge in [-0.1, -0.05) is 6.92 Å². The lowest BCUT2D eigenvalue weighted by atomic mass is 9.89. The molecule has 0 heterocycles. The molecule has 0 aromatic heterocycles. The first-order chi connectivity index (χ1) is 10.6. The Morgan fingerprint density at radius 1 is 1.26 bits per heavy atom. The number of ketones is 1. The minimum atomic E-state index is -1.65. The monoisotopic (exact) mass is 327 g/mol. The van der Waals surface area contributed by atoms with Crippen LogP contribution in [0.15, 0.2) is 24.3 Å². The Balaban J connectivity index is 2.50. The third-order valence-electron chi connectivity index (χ3n) is 3.73. The molecule has 0 radical (unpaired) electrons. The Labute approximate surface area is 134 Å². The van der Waals surface area contributed by atoms with Gasteiger partial charge in [-0.05, 0) is 63.3 Å². The van der Waals surface area contributed by atoms with Crippen LogP contribution in [0, 0.1) is 11.7 Å². The first-order valence-corrected chi connectivity index (χ1v) is 7.55. The molecule has 0 fully saturated rings. The molecule has 1 aromatic rings. The number of hydrogen-bond donors (Lipinski definition) is 2. The van der Waals surface area contributed by atoms with Gasteiger partial charge < -0.3 is 10.4 Å². The molecule has 2 N–H and O–H groups in total. The molecule has 23 heavy (non-hydrogen) atoms. The van der Waals surface area contributed by atoms with Crippen molar-refractivity contribution in [1.29, 1.82) is 0 Å². The van der Waals surface area contributed by atoms with Gasteiger partial charge >= 0.3 is 6.09 Å². The molecule has 1 amide bonds. The lowest BCUT2D eigenvalue weighted by molar-refractivity contribution is 0.0849. The van der Waals surface area contributed by atoms with Crippen LogP contribution in [-0.2, 0) is 0 Å². The minimum absolute atomic E-state index is 0.0549. The van der Waals surface area contributed by atoms with Crippen LogP contribution in [0.5, 0.6) is 0 Å². The molecule has 0 bridgehead atoms. The van der Waals surface area contributed by atoms with Crippen molar-refractivity contribution in [2.45, 2.75) is 51.7 Å². The number of amides is 1. The molecule has 0 aliphatic carbocycles. The third kappa shape index (κ3) is 6.76. The second-order valence-corrected chi connectivity index (χ2v) is 6.53. The van der Waals surface area contributed by atoms with Crippen LogP contribution in [-0.4, -0.2) is 28.7 Å². The molecule has 2 atom stereocenters. The van der Waals surface area contributed by atoms with Gasteiger partial charge in [0, 0.05) is 11.1 Å². The van der Waals surface area contributed by atoms with Crippen LogP contribution < -0.4 is 5.32 Å². The van der Waals surface area contributed by atoms with Crippen LogP contribution >= 0.6 is 0 Å². The fraction of sp³-hybridized carbons (Fsp3) is 0.529. The highest BCUT2D eigenvalue weighted by Crippen LogP contribution is 2.22. The SMILES string of the molecule is CC(CCC(C)(C)NC(=O)O)CC(F)C(=O)c1ccc(F)cc1. The van der Waals surface area contributed by atoms with Crippen LogP contribution in [0.1, 0.15) is 50.4 Å². The van der Waals surface area contributed by atoms with E-state index in [2.05, 4.69) is 5.32 Å². The summed E-state index contributed by atoms with van der Waals surface area (Å²) in [6.07, 6.45) is -1.56. The van der Waals surface area contributed by atoms with Crippen molar-refractivity contribution in [1.82, 2.24) is 5.32 Å². The molecule has 128 valence electrons. The highest BCUT2D eigenvalue weighted by atomic mass is 19.1. The van der Waals surface area contributed by atoms with Crippen LogP contribution in [0.2, 0.25) is 0 Å². The van der Waals surface area contributed by atoms with Gasteiger partial charge in [0.2, 0.25) is 0 Å². The first-order valence-electron chi connectivity index (χ1n) is 7.55. The maximum atomic E-state index is 14.1. The third-order valence-corrected chi connectivity index (χ3v) is 3.73. The normalized spacial score (nSPS) is 14.1. The van der Waals surface area contributed by atoms with E-state index in [4.69, 9.17) is 5.11 Å². The van der Waals surface area contributed by atoms with E-state index < -0.39 is 29.4 Å². The molecule has 0 saturated heterocycles. The molecule has 1 rings (SSSR count). The number of rotatable bonds is 8. The average Bonchev–Trinajstić information content (AvgIpc) is 2.44. The van der Waals surface area contributed by atoms with Crippen molar-refractivity contribution in [2.24, 2.45) is 5.92 Å². The van der Waals surface area contributed by atoms with E-state index in [1.165, 1.54) is 12.1 Å². The molecule has 2 unspecified atom stereocenters. The second kappa shape index (κ2) is 8.04. The number of carboxylic acid groups (broad SMARTS) is 1. The molecule has 0 aliphatic heterocycles. The molecule has 1 aromatic carbocycles. The molecular formula is C17H23F2NO3. The number of halogens is 2. The minimum Gasteiger partial charge on any atom is -0.465 e. The van der Waals surface area contributed by atoms with Crippen LogP contribution in [0.4, 0.5) is 13.6 Å². The van der Waals surface area contributed by atoms with E-state index in [-0.39, 0.29) is 17.9 Å². The van der Waals surface area contributed by atoms with E-state index >= 15 is 0 Å². The summed E-state index contributed by atoms with van der Waals surface area (Å²) in [5, 5.41) is 11.1. The molecule has 0 aliphatic rings.